The van der Waals surface area contributed by atoms with E-state index in [1.807, 2.05) is 30.3 Å². The van der Waals surface area contributed by atoms with E-state index >= 15 is 0 Å². The molecule has 0 radical (unpaired) electrons. The number of hydrogen-bond acceptors (Lipinski definition) is 6. The quantitative estimate of drug-likeness (QED) is 0.519. The zero-order valence-electron chi connectivity index (χ0n) is 14.8. The molecule has 0 spiro atoms. The second-order valence-electron chi connectivity index (χ2n) is 6.07. The number of aromatic nitrogens is 2. The zero-order valence-corrected chi connectivity index (χ0v) is 15.7. The lowest BCUT2D eigenvalue weighted by molar-refractivity contribution is 0.282. The Hall–Kier alpha value is -2.96. The van der Waals surface area contributed by atoms with Gasteiger partial charge in [0.2, 0.25) is 5.88 Å². The number of benzene rings is 1. The highest BCUT2D eigenvalue weighted by molar-refractivity contribution is 7.21. The predicted molar refractivity (Wildman–Crippen MR) is 109 cm³/mol. The minimum atomic E-state index is -0.0602. The molecule has 0 aliphatic rings. The molecule has 0 aliphatic carbocycles. The molecule has 0 saturated heterocycles. The summed E-state index contributed by atoms with van der Waals surface area (Å²) in [6.07, 6.45) is 3.54. The van der Waals surface area contributed by atoms with Gasteiger partial charge in [-0.2, -0.15) is 0 Å². The first kappa shape index (κ1) is 17.5. The number of aliphatic hydroxyl groups is 1. The van der Waals surface area contributed by atoms with E-state index in [9.17, 15) is 5.11 Å². The lowest BCUT2D eigenvalue weighted by Gasteiger charge is -2.11. The van der Waals surface area contributed by atoms with Crippen molar-refractivity contribution in [1.29, 1.82) is 0 Å². The fraction of sp³-hybridized carbons (Fsp3) is 0.143. The van der Waals surface area contributed by atoms with Gasteiger partial charge in [-0.3, -0.25) is 0 Å². The van der Waals surface area contributed by atoms with Crippen LogP contribution in [0.5, 0.6) is 5.88 Å². The number of thiophene rings is 1. The molecule has 0 aliphatic heterocycles. The van der Waals surface area contributed by atoms with Gasteiger partial charge in [-0.25, -0.2) is 9.97 Å². The highest BCUT2D eigenvalue weighted by atomic mass is 32.1. The van der Waals surface area contributed by atoms with Crippen LogP contribution in [-0.4, -0.2) is 22.2 Å². The molecule has 0 amide bonds. The van der Waals surface area contributed by atoms with Crippen molar-refractivity contribution >= 4 is 27.2 Å². The van der Waals surface area contributed by atoms with E-state index in [1.165, 1.54) is 5.56 Å². The van der Waals surface area contributed by atoms with Gasteiger partial charge >= 0.3 is 0 Å². The number of nitrogens with zero attached hydrogens (tertiary/aromatic N) is 2. The molecular formula is C21H19N3O2S. The number of hydrogen-bond donors (Lipinski definition) is 2. The molecule has 0 atom stereocenters. The molecule has 0 fully saturated rings. The first-order valence-corrected chi connectivity index (χ1v) is 9.40. The van der Waals surface area contributed by atoms with Crippen molar-refractivity contribution in [2.75, 3.05) is 12.4 Å². The first-order chi connectivity index (χ1) is 13.3. The van der Waals surface area contributed by atoms with E-state index in [4.69, 9.17) is 4.74 Å². The molecule has 0 saturated carbocycles. The highest BCUT2D eigenvalue weighted by Gasteiger charge is 2.13. The van der Waals surface area contributed by atoms with Crippen molar-refractivity contribution < 1.29 is 9.84 Å². The standard InChI is InChI=1S/C21H19N3O2S/c1-26-19-8-7-15(11-22-19)18-9-17-20(16(13-25)12-24-21(17)27-18)23-10-14-5-3-2-4-6-14/h2-9,11-12,25H,10,13H2,1H3,(H,23,24). The second-order valence-corrected chi connectivity index (χ2v) is 7.11. The predicted octanol–water partition coefficient (Wildman–Crippen LogP) is 4.47. The fourth-order valence-corrected chi connectivity index (χ4v) is 3.93. The Morgan fingerprint density at radius 2 is 1.93 bits per heavy atom. The Kier molecular flexibility index (Phi) is 5.00. The lowest BCUT2D eigenvalue weighted by Crippen LogP contribution is -2.03. The van der Waals surface area contributed by atoms with Crippen LogP contribution in [0.1, 0.15) is 11.1 Å². The molecule has 0 bridgehead atoms. The van der Waals surface area contributed by atoms with Crippen LogP contribution in [-0.2, 0) is 13.2 Å². The van der Waals surface area contributed by atoms with Crippen LogP contribution >= 0.6 is 11.3 Å². The van der Waals surface area contributed by atoms with Gasteiger partial charge in [0.25, 0.3) is 0 Å². The average molecular weight is 377 g/mol. The van der Waals surface area contributed by atoms with Gasteiger partial charge in [0, 0.05) is 46.4 Å². The number of fused-ring (bicyclic) bond motifs is 1. The third-order valence-corrected chi connectivity index (χ3v) is 5.45. The minimum Gasteiger partial charge on any atom is -0.481 e. The van der Waals surface area contributed by atoms with Crippen molar-refractivity contribution in [2.24, 2.45) is 0 Å². The van der Waals surface area contributed by atoms with Crippen LogP contribution < -0.4 is 10.1 Å². The molecule has 0 unspecified atom stereocenters. The Balaban J connectivity index is 1.71. The van der Waals surface area contributed by atoms with Crippen LogP contribution in [0.3, 0.4) is 0 Å². The summed E-state index contributed by atoms with van der Waals surface area (Å²) in [5.74, 6) is 0.589. The van der Waals surface area contributed by atoms with Crippen LogP contribution in [0, 0.1) is 0 Å². The molecule has 136 valence electrons. The molecule has 27 heavy (non-hydrogen) atoms. The molecular weight excluding hydrogens is 358 g/mol. The summed E-state index contributed by atoms with van der Waals surface area (Å²) in [5, 5.41) is 14.2. The molecule has 6 heteroatoms. The number of ether oxygens (including phenoxy) is 1. The number of rotatable bonds is 6. The maximum atomic E-state index is 9.76. The maximum Gasteiger partial charge on any atom is 0.212 e. The second kappa shape index (κ2) is 7.73. The third-order valence-electron chi connectivity index (χ3n) is 4.35. The van der Waals surface area contributed by atoms with Crippen LogP contribution in [0.15, 0.2) is 60.9 Å². The van der Waals surface area contributed by atoms with Gasteiger partial charge in [0.15, 0.2) is 0 Å². The van der Waals surface area contributed by atoms with Crippen molar-refractivity contribution in [2.45, 2.75) is 13.2 Å². The number of methoxy groups -OCH3 is 1. The van der Waals surface area contributed by atoms with Crippen LogP contribution in [0.4, 0.5) is 5.69 Å². The first-order valence-electron chi connectivity index (χ1n) is 8.59. The largest absolute Gasteiger partial charge is 0.481 e. The van der Waals surface area contributed by atoms with Gasteiger partial charge in [0.05, 0.1) is 19.4 Å². The van der Waals surface area contributed by atoms with Crippen molar-refractivity contribution in [3.8, 4) is 16.3 Å². The van der Waals surface area contributed by atoms with Crippen molar-refractivity contribution in [1.82, 2.24) is 9.97 Å². The van der Waals surface area contributed by atoms with E-state index in [0.717, 1.165) is 31.9 Å². The van der Waals surface area contributed by atoms with Crippen LogP contribution in [0.2, 0.25) is 0 Å². The molecule has 2 N–H and O–H groups in total. The number of anilines is 1. The summed E-state index contributed by atoms with van der Waals surface area (Å²) >= 11 is 1.61. The van der Waals surface area contributed by atoms with Crippen molar-refractivity contribution in [3.63, 3.8) is 0 Å². The molecule has 3 aromatic heterocycles. The summed E-state index contributed by atoms with van der Waals surface area (Å²) < 4.78 is 5.13. The fourth-order valence-electron chi connectivity index (χ4n) is 2.93. The lowest BCUT2D eigenvalue weighted by atomic mass is 10.1. The summed E-state index contributed by atoms with van der Waals surface area (Å²) in [4.78, 5) is 10.8. The topological polar surface area (TPSA) is 67.3 Å². The minimum absolute atomic E-state index is 0.0602. The molecule has 4 rings (SSSR count). The maximum absolute atomic E-state index is 9.76. The van der Waals surface area contributed by atoms with Gasteiger partial charge in [0.1, 0.15) is 4.83 Å². The van der Waals surface area contributed by atoms with E-state index < -0.39 is 0 Å². The monoisotopic (exact) mass is 377 g/mol. The van der Waals surface area contributed by atoms with Gasteiger partial charge < -0.3 is 15.2 Å². The Labute approximate surface area is 161 Å². The summed E-state index contributed by atoms with van der Waals surface area (Å²) in [7, 11) is 1.60. The van der Waals surface area contributed by atoms with E-state index in [0.29, 0.717) is 12.4 Å². The van der Waals surface area contributed by atoms with E-state index in [2.05, 4.69) is 33.5 Å². The molecule has 1 aromatic carbocycles. The Morgan fingerprint density at radius 3 is 2.63 bits per heavy atom. The molecule has 3 heterocycles. The van der Waals surface area contributed by atoms with Gasteiger partial charge in [-0.15, -0.1) is 11.3 Å². The molecule has 4 aromatic rings. The van der Waals surface area contributed by atoms with Crippen LogP contribution in [0.25, 0.3) is 20.7 Å². The number of nitrogens with one attached hydrogen (secondary N) is 1. The van der Waals surface area contributed by atoms with Gasteiger partial charge in [-0.1, -0.05) is 30.3 Å². The number of pyridine rings is 2. The smallest absolute Gasteiger partial charge is 0.212 e. The Bertz CT molecular complexity index is 1050. The SMILES string of the molecule is COc1ccc(-c2cc3c(NCc4ccccc4)c(CO)cnc3s2)cn1. The van der Waals surface area contributed by atoms with E-state index in [1.54, 1.807) is 30.8 Å². The van der Waals surface area contributed by atoms with Crippen molar-refractivity contribution in [3.05, 3.63) is 72.1 Å². The summed E-state index contributed by atoms with van der Waals surface area (Å²) in [6.45, 7) is 0.623. The highest BCUT2D eigenvalue weighted by Crippen LogP contribution is 2.37. The summed E-state index contributed by atoms with van der Waals surface area (Å²) in [6, 6.07) is 16.1. The van der Waals surface area contributed by atoms with E-state index in [-0.39, 0.29) is 6.61 Å². The average Bonchev–Trinajstić information content (AvgIpc) is 3.17. The molecule has 5 nitrogen and oxygen atoms in total. The third kappa shape index (κ3) is 3.63. The normalized spacial score (nSPS) is 10.9. The number of aliphatic hydroxyl groups excluding tert-OH is 1. The van der Waals surface area contributed by atoms with Gasteiger partial charge in [-0.05, 0) is 17.7 Å². The Morgan fingerprint density at radius 1 is 1.07 bits per heavy atom. The summed E-state index contributed by atoms with van der Waals surface area (Å²) in [5.41, 5.74) is 3.91. The zero-order chi connectivity index (χ0) is 18.6.